The number of piperazine rings is 1. The molecule has 1 aliphatic rings. The highest BCUT2D eigenvalue weighted by molar-refractivity contribution is 7.89. The van der Waals surface area contributed by atoms with Crippen molar-refractivity contribution in [3.8, 4) is 11.5 Å². The average Bonchev–Trinajstić information content (AvgIpc) is 3.17. The van der Waals surface area contributed by atoms with E-state index in [0.29, 0.717) is 37.0 Å². The van der Waals surface area contributed by atoms with E-state index in [2.05, 4.69) is 10.2 Å². The molecule has 0 radical (unpaired) electrons. The maximum absolute atomic E-state index is 13.4. The smallest absolute Gasteiger partial charge is 0.247 e. The lowest BCUT2D eigenvalue weighted by Crippen LogP contribution is -2.48. The molecule has 1 saturated heterocycles. The molecule has 0 unspecified atom stereocenters. The monoisotopic (exact) mass is 420 g/mol. The quantitative estimate of drug-likeness (QED) is 0.631. The number of sulfonamides is 1. The molecule has 0 atom stereocenters. The number of aromatic nitrogens is 2. The Morgan fingerprint density at radius 2 is 1.66 bits per heavy atom. The van der Waals surface area contributed by atoms with Gasteiger partial charge in [-0.3, -0.25) is 4.90 Å². The van der Waals surface area contributed by atoms with E-state index in [1.165, 1.54) is 34.6 Å². The molecule has 0 amide bonds. The van der Waals surface area contributed by atoms with Crippen LogP contribution in [-0.4, -0.2) is 54.0 Å². The highest BCUT2D eigenvalue weighted by atomic mass is 32.2. The third-order valence-electron chi connectivity index (χ3n) is 4.68. The lowest BCUT2D eigenvalue weighted by atomic mass is 10.2. The van der Waals surface area contributed by atoms with Crippen LogP contribution < -0.4 is 0 Å². The van der Waals surface area contributed by atoms with Crippen LogP contribution in [0.5, 0.6) is 0 Å². The Morgan fingerprint density at radius 3 is 2.34 bits per heavy atom. The molecule has 1 fully saturated rings. The minimum Gasteiger partial charge on any atom is -0.419 e. The van der Waals surface area contributed by atoms with Gasteiger partial charge in [0, 0.05) is 31.7 Å². The molecule has 3 aromatic rings. The molecule has 152 valence electrons. The molecule has 0 saturated carbocycles. The number of hydrogen-bond donors (Lipinski definition) is 0. The van der Waals surface area contributed by atoms with Gasteiger partial charge in [0.1, 0.15) is 11.6 Å². The first-order chi connectivity index (χ1) is 13.9. The zero-order valence-electron chi connectivity index (χ0n) is 15.3. The first-order valence-electron chi connectivity index (χ1n) is 8.98. The molecule has 1 aliphatic heterocycles. The van der Waals surface area contributed by atoms with Crippen LogP contribution in [0.2, 0.25) is 0 Å². The average molecular weight is 420 g/mol. The SMILES string of the molecule is O=S(=O)(c1cccc(F)c1)N1CCN(Cc2nnc(-c3ccc(F)cc3)o2)CC1. The molecule has 4 rings (SSSR count). The highest BCUT2D eigenvalue weighted by Crippen LogP contribution is 2.21. The maximum Gasteiger partial charge on any atom is 0.247 e. The van der Waals surface area contributed by atoms with Gasteiger partial charge in [-0.15, -0.1) is 10.2 Å². The van der Waals surface area contributed by atoms with Crippen molar-refractivity contribution in [3.63, 3.8) is 0 Å². The maximum atomic E-state index is 13.4. The van der Waals surface area contributed by atoms with Gasteiger partial charge < -0.3 is 4.42 Å². The lowest BCUT2D eigenvalue weighted by molar-refractivity contribution is 0.168. The summed E-state index contributed by atoms with van der Waals surface area (Å²) < 4.78 is 58.7. The lowest BCUT2D eigenvalue weighted by Gasteiger charge is -2.33. The molecule has 0 N–H and O–H groups in total. The van der Waals surface area contributed by atoms with Gasteiger partial charge in [0.05, 0.1) is 11.4 Å². The summed E-state index contributed by atoms with van der Waals surface area (Å²) in [6, 6.07) is 10.8. The third kappa shape index (κ3) is 4.34. The van der Waals surface area contributed by atoms with Crippen molar-refractivity contribution < 1.29 is 21.6 Å². The van der Waals surface area contributed by atoms with Crippen LogP contribution in [0.15, 0.2) is 57.8 Å². The van der Waals surface area contributed by atoms with E-state index in [-0.39, 0.29) is 23.8 Å². The highest BCUT2D eigenvalue weighted by Gasteiger charge is 2.29. The Kier molecular flexibility index (Phi) is 5.39. The second-order valence-electron chi connectivity index (χ2n) is 6.65. The molecule has 7 nitrogen and oxygen atoms in total. The molecule has 29 heavy (non-hydrogen) atoms. The van der Waals surface area contributed by atoms with Crippen molar-refractivity contribution in [2.45, 2.75) is 11.4 Å². The van der Waals surface area contributed by atoms with E-state index in [1.807, 2.05) is 4.90 Å². The molecule has 0 aliphatic carbocycles. The van der Waals surface area contributed by atoms with E-state index in [0.717, 1.165) is 6.07 Å². The summed E-state index contributed by atoms with van der Waals surface area (Å²) in [6.07, 6.45) is 0. The molecule has 10 heteroatoms. The molecular weight excluding hydrogens is 402 g/mol. The van der Waals surface area contributed by atoms with Gasteiger partial charge in [-0.2, -0.15) is 4.31 Å². The topological polar surface area (TPSA) is 79.5 Å². The van der Waals surface area contributed by atoms with Crippen LogP contribution in [-0.2, 0) is 16.6 Å². The molecule has 2 aromatic carbocycles. The van der Waals surface area contributed by atoms with Gasteiger partial charge in [0.15, 0.2) is 0 Å². The third-order valence-corrected chi connectivity index (χ3v) is 6.58. The minimum atomic E-state index is -3.73. The largest absolute Gasteiger partial charge is 0.419 e. The van der Waals surface area contributed by atoms with E-state index in [1.54, 1.807) is 12.1 Å². The van der Waals surface area contributed by atoms with Gasteiger partial charge in [-0.25, -0.2) is 17.2 Å². The summed E-state index contributed by atoms with van der Waals surface area (Å²) in [5.74, 6) is -0.240. The van der Waals surface area contributed by atoms with E-state index in [4.69, 9.17) is 4.42 Å². The van der Waals surface area contributed by atoms with E-state index in [9.17, 15) is 17.2 Å². The van der Waals surface area contributed by atoms with Gasteiger partial charge in [0.25, 0.3) is 0 Å². The summed E-state index contributed by atoms with van der Waals surface area (Å²) in [6.45, 7) is 1.88. The number of benzene rings is 2. The predicted octanol–water partition coefficient (Wildman–Crippen LogP) is 2.52. The standard InChI is InChI=1S/C19H18F2N4O3S/c20-15-6-4-14(5-7-15)19-23-22-18(28-19)13-24-8-10-25(11-9-24)29(26,27)17-3-1-2-16(21)12-17/h1-7,12H,8-11,13H2. The summed E-state index contributed by atoms with van der Waals surface area (Å²) in [7, 11) is -3.73. The Labute approximate surface area is 166 Å². The normalized spacial score (nSPS) is 16.2. The van der Waals surface area contributed by atoms with Crippen LogP contribution in [0.1, 0.15) is 5.89 Å². The van der Waals surface area contributed by atoms with Gasteiger partial charge >= 0.3 is 0 Å². The van der Waals surface area contributed by atoms with E-state index < -0.39 is 15.8 Å². The van der Waals surface area contributed by atoms with Crippen molar-refractivity contribution in [1.82, 2.24) is 19.4 Å². The zero-order valence-corrected chi connectivity index (χ0v) is 16.1. The van der Waals surface area contributed by atoms with Crippen molar-refractivity contribution in [1.29, 1.82) is 0 Å². The minimum absolute atomic E-state index is 0.0493. The summed E-state index contributed by atoms with van der Waals surface area (Å²) in [5.41, 5.74) is 0.621. The summed E-state index contributed by atoms with van der Waals surface area (Å²) in [5, 5.41) is 7.98. The Balaban J connectivity index is 1.37. The fourth-order valence-electron chi connectivity index (χ4n) is 3.12. The van der Waals surface area contributed by atoms with Crippen LogP contribution >= 0.6 is 0 Å². The van der Waals surface area contributed by atoms with Crippen LogP contribution in [0, 0.1) is 11.6 Å². The van der Waals surface area contributed by atoms with Crippen molar-refractivity contribution in [2.75, 3.05) is 26.2 Å². The van der Waals surface area contributed by atoms with Crippen LogP contribution in [0.25, 0.3) is 11.5 Å². The first-order valence-corrected chi connectivity index (χ1v) is 10.4. The van der Waals surface area contributed by atoms with Gasteiger partial charge in [-0.1, -0.05) is 6.07 Å². The zero-order chi connectivity index (χ0) is 20.4. The Morgan fingerprint density at radius 1 is 0.931 bits per heavy atom. The van der Waals surface area contributed by atoms with Gasteiger partial charge in [0.2, 0.25) is 21.8 Å². The fraction of sp³-hybridized carbons (Fsp3) is 0.263. The number of rotatable bonds is 5. The predicted molar refractivity (Wildman–Crippen MR) is 100 cm³/mol. The Hall–Kier alpha value is -2.69. The molecule has 0 spiro atoms. The molecule has 1 aromatic heterocycles. The van der Waals surface area contributed by atoms with E-state index >= 15 is 0 Å². The van der Waals surface area contributed by atoms with Crippen molar-refractivity contribution in [3.05, 3.63) is 66.1 Å². The second kappa shape index (κ2) is 7.97. The summed E-state index contributed by atoms with van der Waals surface area (Å²) in [4.78, 5) is 1.95. The van der Waals surface area contributed by atoms with Crippen LogP contribution in [0.4, 0.5) is 8.78 Å². The second-order valence-corrected chi connectivity index (χ2v) is 8.58. The van der Waals surface area contributed by atoms with Crippen molar-refractivity contribution >= 4 is 10.0 Å². The molecular formula is C19H18F2N4O3S. The number of nitrogens with zero attached hydrogens (tertiary/aromatic N) is 4. The number of hydrogen-bond acceptors (Lipinski definition) is 6. The fourth-order valence-corrected chi connectivity index (χ4v) is 4.58. The summed E-state index contributed by atoms with van der Waals surface area (Å²) >= 11 is 0. The van der Waals surface area contributed by atoms with Crippen molar-refractivity contribution in [2.24, 2.45) is 0 Å². The molecule has 2 heterocycles. The van der Waals surface area contributed by atoms with Crippen LogP contribution in [0.3, 0.4) is 0 Å². The first kappa shape index (κ1) is 19.6. The van der Waals surface area contributed by atoms with Gasteiger partial charge in [-0.05, 0) is 42.5 Å². The number of halogens is 2. The molecule has 0 bridgehead atoms. The Bertz CT molecular complexity index is 1090.